The van der Waals surface area contributed by atoms with E-state index in [1.165, 1.54) is 23.2 Å². The first kappa shape index (κ1) is 18.5. The maximum atomic E-state index is 13.3. The lowest BCUT2D eigenvalue weighted by Gasteiger charge is -2.23. The molecule has 6 heteroatoms. The Labute approximate surface area is 199 Å². The number of rotatable bonds is 0. The highest BCUT2D eigenvalue weighted by molar-refractivity contribution is 6.49. The van der Waals surface area contributed by atoms with Crippen molar-refractivity contribution in [1.82, 2.24) is 9.13 Å². The molecule has 2 aromatic heterocycles. The summed E-state index contributed by atoms with van der Waals surface area (Å²) in [7, 11) is 3.05. The van der Waals surface area contributed by atoms with Gasteiger partial charge in [-0.05, 0) is 67.4 Å². The molecular weight excluding hydrogens is 452 g/mol. The summed E-state index contributed by atoms with van der Waals surface area (Å²) in [5.74, 6) is 0. The Morgan fingerprint density at radius 2 is 0.639 bits per heavy atom. The number of nitrogens with zero attached hydrogens (tertiary/aromatic N) is 2. The largest absolute Gasteiger partial charge is 0.277 e. The molecule has 6 nitrogen and oxygen atoms in total. The van der Waals surface area contributed by atoms with Crippen LogP contribution in [-0.4, -0.2) is 9.13 Å². The van der Waals surface area contributed by atoms with Gasteiger partial charge in [-0.2, -0.15) is 0 Å². The molecule has 9 rings (SSSR count). The quantitative estimate of drug-likeness (QED) is 0.248. The van der Waals surface area contributed by atoms with Gasteiger partial charge < -0.3 is 0 Å². The normalized spacial score (nSPS) is 13.2. The Kier molecular flexibility index (Phi) is 2.75. The lowest BCUT2D eigenvalue weighted by atomic mass is 9.80. The zero-order chi connectivity index (χ0) is 24.4. The zero-order valence-corrected chi connectivity index (χ0v) is 19.1. The first-order valence-electron chi connectivity index (χ1n) is 11.7. The summed E-state index contributed by atoms with van der Waals surface area (Å²) < 4.78 is 2.37. The molecule has 0 N–H and O–H groups in total. The minimum absolute atomic E-state index is 0.309. The fourth-order valence-electron chi connectivity index (χ4n) is 6.90. The molecule has 9 aromatic rings. The fraction of sp³-hybridized carbons (Fsp3) is 0.0667. The van der Waals surface area contributed by atoms with Crippen LogP contribution >= 0.6 is 0 Å². The highest BCUT2D eigenvalue weighted by atomic mass is 16.2. The van der Waals surface area contributed by atoms with Crippen LogP contribution in [-0.2, 0) is 14.1 Å². The van der Waals surface area contributed by atoms with Crippen LogP contribution in [0.3, 0.4) is 0 Å². The molecule has 0 saturated heterocycles. The average Bonchev–Trinajstić information content (AvgIpc) is 2.90. The van der Waals surface area contributed by atoms with Crippen molar-refractivity contribution in [2.75, 3.05) is 0 Å². The van der Waals surface area contributed by atoms with E-state index in [0.29, 0.717) is 32.3 Å². The van der Waals surface area contributed by atoms with Crippen molar-refractivity contribution in [3.63, 3.8) is 0 Å². The average molecular weight is 466 g/mol. The van der Waals surface area contributed by atoms with Crippen LogP contribution in [0.25, 0.3) is 86.2 Å². The minimum atomic E-state index is -0.309. The van der Waals surface area contributed by atoms with Crippen molar-refractivity contribution < 1.29 is 0 Å². The van der Waals surface area contributed by atoms with E-state index < -0.39 is 0 Å². The minimum Gasteiger partial charge on any atom is -0.277 e. The van der Waals surface area contributed by atoms with Gasteiger partial charge >= 0.3 is 0 Å². The number of pyridine rings is 2. The summed E-state index contributed by atoms with van der Waals surface area (Å²) in [4.78, 5) is 53.0. The molecule has 0 bridgehead atoms. The Morgan fingerprint density at radius 3 is 0.889 bits per heavy atom. The standard InChI is InChI=1S/C30H14N2O4/c1-31-27(33)15-7-11-3-5-13-9-17-24-18(30(36)32(2)29(17)35)10-14-6-4-12-8-16(28(31)34)23(15)25-19(11)21(13)26(24)22(14)20(12)25/h3-10H,1-2H3. The van der Waals surface area contributed by atoms with Gasteiger partial charge in [-0.15, -0.1) is 0 Å². The molecule has 0 radical (unpaired) electrons. The van der Waals surface area contributed by atoms with Crippen LogP contribution in [0.2, 0.25) is 0 Å². The van der Waals surface area contributed by atoms with Gasteiger partial charge in [0.2, 0.25) is 0 Å². The summed E-state index contributed by atoms with van der Waals surface area (Å²) in [5, 5.41) is 12.7. The molecule has 2 heterocycles. The number of benzene rings is 7. The molecule has 36 heavy (non-hydrogen) atoms. The Morgan fingerprint density at radius 1 is 0.389 bits per heavy atom. The topological polar surface area (TPSA) is 78.1 Å². The summed E-state index contributed by atoms with van der Waals surface area (Å²) in [5.41, 5.74) is -1.24. The predicted molar refractivity (Wildman–Crippen MR) is 145 cm³/mol. The smallest absolute Gasteiger partial charge is 0.261 e. The van der Waals surface area contributed by atoms with Crippen molar-refractivity contribution in [2.45, 2.75) is 0 Å². The van der Waals surface area contributed by atoms with E-state index in [-0.39, 0.29) is 22.2 Å². The molecule has 0 unspecified atom stereocenters. The van der Waals surface area contributed by atoms with E-state index in [4.69, 9.17) is 0 Å². The fourth-order valence-corrected chi connectivity index (χ4v) is 6.90. The van der Waals surface area contributed by atoms with E-state index in [0.717, 1.165) is 53.9 Å². The van der Waals surface area contributed by atoms with Gasteiger partial charge in [0.1, 0.15) is 0 Å². The third kappa shape index (κ3) is 1.68. The molecule has 168 valence electrons. The van der Waals surface area contributed by atoms with Gasteiger partial charge in [-0.25, -0.2) is 0 Å². The van der Waals surface area contributed by atoms with E-state index in [1.54, 1.807) is 0 Å². The maximum absolute atomic E-state index is 13.3. The summed E-state index contributed by atoms with van der Waals surface area (Å²) in [6.45, 7) is 0. The SMILES string of the molecule is Cn1c(=O)c2cc3ccc4cc5c(=O)n(C)c(=O)c6cc7ccc8cc(c1=O)c2c1c3c4c(c56)c7c81. The van der Waals surface area contributed by atoms with Crippen LogP contribution in [0, 0.1) is 0 Å². The molecule has 0 aliphatic heterocycles. The highest BCUT2D eigenvalue weighted by Gasteiger charge is 2.27. The van der Waals surface area contributed by atoms with Gasteiger partial charge in [0.25, 0.3) is 22.2 Å². The van der Waals surface area contributed by atoms with Gasteiger partial charge in [0, 0.05) is 57.2 Å². The monoisotopic (exact) mass is 466 g/mol. The third-order valence-corrected chi connectivity index (χ3v) is 8.46. The van der Waals surface area contributed by atoms with Crippen molar-refractivity contribution in [3.05, 3.63) is 89.9 Å². The van der Waals surface area contributed by atoms with Gasteiger partial charge in [0.05, 0.1) is 0 Å². The molecule has 0 aliphatic rings. The van der Waals surface area contributed by atoms with Crippen molar-refractivity contribution in [2.24, 2.45) is 14.1 Å². The third-order valence-electron chi connectivity index (χ3n) is 8.46. The second kappa shape index (κ2) is 5.36. The van der Waals surface area contributed by atoms with Crippen LogP contribution in [0.4, 0.5) is 0 Å². The van der Waals surface area contributed by atoms with Crippen LogP contribution in [0.1, 0.15) is 0 Å². The Balaban J connectivity index is 1.82. The van der Waals surface area contributed by atoms with Gasteiger partial charge in [0.15, 0.2) is 0 Å². The van der Waals surface area contributed by atoms with Crippen molar-refractivity contribution in [3.8, 4) is 0 Å². The molecule has 7 aromatic carbocycles. The molecule has 0 atom stereocenters. The lowest BCUT2D eigenvalue weighted by Crippen LogP contribution is -2.31. The van der Waals surface area contributed by atoms with E-state index in [1.807, 2.05) is 48.5 Å². The second-order valence-electron chi connectivity index (χ2n) is 10.1. The molecule has 0 aliphatic carbocycles. The zero-order valence-electron chi connectivity index (χ0n) is 19.1. The van der Waals surface area contributed by atoms with E-state index in [2.05, 4.69) is 0 Å². The Hall–Kier alpha value is -4.84. The molecule has 0 saturated carbocycles. The Bertz CT molecular complexity index is 2320. The molecule has 0 amide bonds. The van der Waals surface area contributed by atoms with E-state index in [9.17, 15) is 19.2 Å². The molecular formula is C30H14N2O4. The summed E-state index contributed by atoms with van der Waals surface area (Å²) in [6, 6.07) is 15.4. The van der Waals surface area contributed by atoms with Crippen LogP contribution in [0.15, 0.2) is 67.7 Å². The van der Waals surface area contributed by atoms with Gasteiger partial charge in [-0.1, -0.05) is 24.3 Å². The first-order valence-corrected chi connectivity index (χ1v) is 11.7. The predicted octanol–water partition coefficient (Wildman–Crippen LogP) is 4.22. The lowest BCUT2D eigenvalue weighted by molar-refractivity contribution is 0.841. The number of hydrogen-bond donors (Lipinski definition) is 0. The number of aromatic nitrogens is 2. The van der Waals surface area contributed by atoms with E-state index >= 15 is 0 Å². The summed E-state index contributed by atoms with van der Waals surface area (Å²) in [6.07, 6.45) is 0. The second-order valence-corrected chi connectivity index (χ2v) is 10.1. The maximum Gasteiger partial charge on any atom is 0.261 e. The molecule has 0 spiro atoms. The van der Waals surface area contributed by atoms with Crippen molar-refractivity contribution >= 4 is 86.2 Å². The van der Waals surface area contributed by atoms with Gasteiger partial charge in [-0.3, -0.25) is 28.3 Å². The van der Waals surface area contributed by atoms with Crippen molar-refractivity contribution in [1.29, 1.82) is 0 Å². The first-order chi connectivity index (χ1) is 17.4. The summed E-state index contributed by atoms with van der Waals surface area (Å²) >= 11 is 0. The van der Waals surface area contributed by atoms with Crippen LogP contribution < -0.4 is 22.2 Å². The highest BCUT2D eigenvalue weighted by Crippen LogP contribution is 2.50. The number of hydrogen-bond acceptors (Lipinski definition) is 4. The van der Waals surface area contributed by atoms with Crippen LogP contribution in [0.5, 0.6) is 0 Å². The molecule has 0 fully saturated rings.